The lowest BCUT2D eigenvalue weighted by Crippen LogP contribution is -2.54. The molecule has 4 rings (SSSR count). The second kappa shape index (κ2) is 8.45. The lowest BCUT2D eigenvalue weighted by molar-refractivity contribution is -0.122. The van der Waals surface area contributed by atoms with Crippen molar-refractivity contribution in [3.63, 3.8) is 0 Å². The summed E-state index contributed by atoms with van der Waals surface area (Å²) in [6.07, 6.45) is 2.57. The third kappa shape index (κ3) is 4.22. The first kappa shape index (κ1) is 23.2. The third-order valence-corrected chi connectivity index (χ3v) is 6.79. The van der Waals surface area contributed by atoms with Gasteiger partial charge in [-0.05, 0) is 87.6 Å². The summed E-state index contributed by atoms with van der Waals surface area (Å²) in [5.74, 6) is -0.997. The minimum Gasteiger partial charge on any atom is -0.364 e. The van der Waals surface area contributed by atoms with Gasteiger partial charge in [0.15, 0.2) is 0 Å². The highest BCUT2D eigenvalue weighted by atomic mass is 79.9. The number of halogens is 1. The van der Waals surface area contributed by atoms with Gasteiger partial charge in [-0.25, -0.2) is 9.69 Å². The molecule has 0 unspecified atom stereocenters. The average molecular weight is 510 g/mol. The van der Waals surface area contributed by atoms with Crippen molar-refractivity contribution in [2.75, 3.05) is 9.80 Å². The van der Waals surface area contributed by atoms with Crippen LogP contribution in [0.15, 0.2) is 52.5 Å². The summed E-state index contributed by atoms with van der Waals surface area (Å²) in [4.78, 5) is 41.6. The summed E-state index contributed by atoms with van der Waals surface area (Å²) in [5, 5.41) is 2.29. The molecule has 4 amide bonds. The fourth-order valence-electron chi connectivity index (χ4n) is 5.21. The number of urea groups is 1. The number of nitrogens with zero attached hydrogens (tertiary/aromatic N) is 2. The normalized spacial score (nSPS) is 21.5. The van der Waals surface area contributed by atoms with Gasteiger partial charge in [0.1, 0.15) is 5.57 Å². The standard InChI is InChI=1S/C26H28BrN3O3/c1-15(2)30-22-10-9-17(11-20(22)16(3)14-26(30,4)5)12-21-23(31)28-25(33)29(24(21)32)19-8-6-7-18(27)13-19/h6-13,15-16H,14H2,1-5H3,(H,28,31,33)/b21-12+/t16-/m1/s1. The molecule has 0 aliphatic carbocycles. The molecule has 1 atom stereocenters. The molecule has 0 aromatic heterocycles. The van der Waals surface area contributed by atoms with Crippen molar-refractivity contribution in [3.05, 3.63) is 63.6 Å². The average Bonchev–Trinajstić information content (AvgIpc) is 2.70. The fourth-order valence-corrected chi connectivity index (χ4v) is 5.60. The topological polar surface area (TPSA) is 69.7 Å². The molecule has 0 radical (unpaired) electrons. The van der Waals surface area contributed by atoms with Crippen LogP contribution in [-0.4, -0.2) is 29.4 Å². The summed E-state index contributed by atoms with van der Waals surface area (Å²) >= 11 is 3.36. The van der Waals surface area contributed by atoms with Crippen molar-refractivity contribution >= 4 is 51.2 Å². The van der Waals surface area contributed by atoms with Crippen LogP contribution in [0.1, 0.15) is 58.1 Å². The predicted octanol–water partition coefficient (Wildman–Crippen LogP) is 5.62. The molecule has 2 heterocycles. The van der Waals surface area contributed by atoms with Crippen LogP contribution >= 0.6 is 15.9 Å². The molecule has 0 spiro atoms. The van der Waals surface area contributed by atoms with Gasteiger partial charge in [-0.1, -0.05) is 35.0 Å². The monoisotopic (exact) mass is 509 g/mol. The molecule has 0 saturated carbocycles. The van der Waals surface area contributed by atoms with E-state index in [9.17, 15) is 14.4 Å². The zero-order valence-electron chi connectivity index (χ0n) is 19.5. The van der Waals surface area contributed by atoms with E-state index in [1.54, 1.807) is 30.3 Å². The Labute approximate surface area is 202 Å². The van der Waals surface area contributed by atoms with E-state index in [1.165, 1.54) is 11.3 Å². The van der Waals surface area contributed by atoms with Gasteiger partial charge in [0.05, 0.1) is 5.69 Å². The van der Waals surface area contributed by atoms with Gasteiger partial charge in [0.2, 0.25) is 0 Å². The first-order valence-electron chi connectivity index (χ1n) is 11.1. The van der Waals surface area contributed by atoms with E-state index in [0.717, 1.165) is 21.4 Å². The third-order valence-electron chi connectivity index (χ3n) is 6.30. The van der Waals surface area contributed by atoms with Crippen molar-refractivity contribution in [2.24, 2.45) is 0 Å². The summed E-state index contributed by atoms with van der Waals surface area (Å²) in [5.41, 5.74) is 3.48. The Morgan fingerprint density at radius 3 is 2.52 bits per heavy atom. The van der Waals surface area contributed by atoms with Gasteiger partial charge in [-0.3, -0.25) is 14.9 Å². The van der Waals surface area contributed by atoms with Gasteiger partial charge in [0, 0.05) is 21.7 Å². The molecule has 33 heavy (non-hydrogen) atoms. The summed E-state index contributed by atoms with van der Waals surface area (Å²) in [7, 11) is 0. The number of rotatable bonds is 3. The van der Waals surface area contributed by atoms with Crippen molar-refractivity contribution in [1.82, 2.24) is 5.32 Å². The van der Waals surface area contributed by atoms with Crippen LogP contribution in [0.25, 0.3) is 6.08 Å². The largest absolute Gasteiger partial charge is 0.364 e. The highest BCUT2D eigenvalue weighted by Crippen LogP contribution is 2.44. The van der Waals surface area contributed by atoms with E-state index < -0.39 is 17.8 Å². The summed E-state index contributed by atoms with van der Waals surface area (Å²) < 4.78 is 0.726. The molecule has 0 bridgehead atoms. The van der Waals surface area contributed by atoms with Crippen molar-refractivity contribution in [3.8, 4) is 0 Å². The van der Waals surface area contributed by atoms with Gasteiger partial charge in [-0.15, -0.1) is 0 Å². The molecule has 1 saturated heterocycles. The number of anilines is 2. The van der Waals surface area contributed by atoms with Gasteiger partial charge in [-0.2, -0.15) is 0 Å². The number of fused-ring (bicyclic) bond motifs is 1. The fraction of sp³-hybridized carbons (Fsp3) is 0.346. The maximum atomic E-state index is 13.2. The Balaban J connectivity index is 1.74. The SMILES string of the molecule is CC(C)N1c2ccc(/C=C3\C(=O)NC(=O)N(c4cccc(Br)c4)C3=O)cc2[C@H](C)CC1(C)C. The Morgan fingerprint density at radius 2 is 1.85 bits per heavy atom. The van der Waals surface area contributed by atoms with Crippen molar-refractivity contribution in [1.29, 1.82) is 0 Å². The van der Waals surface area contributed by atoms with Crippen molar-refractivity contribution < 1.29 is 14.4 Å². The smallest absolute Gasteiger partial charge is 0.335 e. The molecule has 6 nitrogen and oxygen atoms in total. The highest BCUT2D eigenvalue weighted by Gasteiger charge is 2.39. The molecule has 2 aromatic carbocycles. The van der Waals surface area contributed by atoms with Crippen LogP contribution in [-0.2, 0) is 9.59 Å². The van der Waals surface area contributed by atoms with Crippen molar-refractivity contribution in [2.45, 2.75) is 58.5 Å². The van der Waals surface area contributed by atoms with E-state index in [-0.39, 0.29) is 11.1 Å². The van der Waals surface area contributed by atoms with Crippen LogP contribution in [0.4, 0.5) is 16.2 Å². The molecule has 1 N–H and O–H groups in total. The number of benzene rings is 2. The second-order valence-corrected chi connectivity index (χ2v) is 10.6. The zero-order valence-corrected chi connectivity index (χ0v) is 21.1. The minimum absolute atomic E-state index is 0.0323. The van der Waals surface area contributed by atoms with Gasteiger partial charge in [0.25, 0.3) is 11.8 Å². The Bertz CT molecular complexity index is 1190. The maximum absolute atomic E-state index is 13.2. The number of nitrogens with one attached hydrogen (secondary N) is 1. The van der Waals surface area contributed by atoms with E-state index in [4.69, 9.17) is 0 Å². The van der Waals surface area contributed by atoms with Crippen LogP contribution in [0.5, 0.6) is 0 Å². The minimum atomic E-state index is -0.755. The molecule has 2 aliphatic rings. The van der Waals surface area contributed by atoms with E-state index in [1.807, 2.05) is 6.07 Å². The number of amides is 4. The van der Waals surface area contributed by atoms with Gasteiger partial charge >= 0.3 is 6.03 Å². The van der Waals surface area contributed by atoms with E-state index in [0.29, 0.717) is 17.6 Å². The molecular formula is C26H28BrN3O3. The quantitative estimate of drug-likeness (QED) is 0.430. The van der Waals surface area contributed by atoms with Gasteiger partial charge < -0.3 is 4.90 Å². The second-order valence-electron chi connectivity index (χ2n) is 9.64. The molecule has 1 fully saturated rings. The molecule has 7 heteroatoms. The number of hydrogen-bond donors (Lipinski definition) is 1. The number of carbonyl (C=O) groups excluding carboxylic acids is 3. The number of hydrogen-bond acceptors (Lipinski definition) is 4. The number of barbiturate groups is 1. The molecular weight excluding hydrogens is 482 g/mol. The molecule has 172 valence electrons. The maximum Gasteiger partial charge on any atom is 0.335 e. The van der Waals surface area contributed by atoms with Crippen LogP contribution in [0, 0.1) is 0 Å². The Morgan fingerprint density at radius 1 is 1.12 bits per heavy atom. The van der Waals surface area contributed by atoms with E-state index >= 15 is 0 Å². The summed E-state index contributed by atoms with van der Waals surface area (Å²) in [6.45, 7) is 11.1. The number of carbonyl (C=O) groups is 3. The molecule has 2 aliphatic heterocycles. The lowest BCUT2D eigenvalue weighted by atomic mass is 9.78. The zero-order chi connectivity index (χ0) is 24.1. The molecule has 2 aromatic rings. The predicted molar refractivity (Wildman–Crippen MR) is 134 cm³/mol. The van der Waals surface area contributed by atoms with Crippen LogP contribution < -0.4 is 15.1 Å². The highest BCUT2D eigenvalue weighted by molar-refractivity contribution is 9.10. The first-order chi connectivity index (χ1) is 15.5. The van der Waals surface area contributed by atoms with Crippen LogP contribution in [0.3, 0.4) is 0 Å². The summed E-state index contributed by atoms with van der Waals surface area (Å²) in [6, 6.07) is 12.5. The Hall–Kier alpha value is -2.93. The Kier molecular flexibility index (Phi) is 5.95. The first-order valence-corrected chi connectivity index (χ1v) is 11.9. The van der Waals surface area contributed by atoms with E-state index in [2.05, 4.69) is 72.9 Å². The number of imide groups is 2. The lowest BCUT2D eigenvalue weighted by Gasteiger charge is -2.50. The van der Waals surface area contributed by atoms with Crippen LogP contribution in [0.2, 0.25) is 0 Å².